The molecule has 5 nitrogen and oxygen atoms in total. The fourth-order valence-electron chi connectivity index (χ4n) is 2.81. The molecule has 4 aromatic rings. The second kappa shape index (κ2) is 5.82. The summed E-state index contributed by atoms with van der Waals surface area (Å²) in [5, 5.41) is 3.87. The lowest BCUT2D eigenvalue weighted by Gasteiger charge is -2.02. The first kappa shape index (κ1) is 15.5. The summed E-state index contributed by atoms with van der Waals surface area (Å²) in [6, 6.07) is 12.7. The van der Waals surface area contributed by atoms with Gasteiger partial charge in [-0.05, 0) is 43.2 Å². The minimum atomic E-state index is -0.663. The third-order valence-corrected chi connectivity index (χ3v) is 5.05. The number of nitrogens with one attached hydrogen (secondary N) is 1. The molecule has 2 heterocycles. The van der Waals surface area contributed by atoms with Crippen LogP contribution in [0.4, 0.5) is 5.13 Å². The second-order valence-corrected chi connectivity index (χ2v) is 6.89. The molecule has 2 aromatic heterocycles. The number of para-hydroxylation sites is 1. The summed E-state index contributed by atoms with van der Waals surface area (Å²) < 4.78 is 6.23. The molecule has 2 aromatic carbocycles. The zero-order valence-corrected chi connectivity index (χ0v) is 14.4. The topological polar surface area (TPSA) is 72.2 Å². The number of hydrogen-bond acceptors (Lipinski definition) is 5. The summed E-state index contributed by atoms with van der Waals surface area (Å²) in [6.07, 6.45) is 0. The number of benzene rings is 2. The van der Waals surface area contributed by atoms with E-state index in [4.69, 9.17) is 4.42 Å². The Bertz CT molecular complexity index is 1190. The number of amides is 1. The average molecular weight is 350 g/mol. The van der Waals surface area contributed by atoms with Gasteiger partial charge in [-0.1, -0.05) is 35.6 Å². The molecule has 0 aliphatic carbocycles. The normalized spacial score (nSPS) is 11.1. The summed E-state index contributed by atoms with van der Waals surface area (Å²) in [5.41, 5.74) is 2.82. The van der Waals surface area contributed by atoms with E-state index in [1.807, 2.05) is 26.0 Å². The Morgan fingerprint density at radius 1 is 1.16 bits per heavy atom. The Morgan fingerprint density at radius 3 is 2.80 bits per heavy atom. The predicted octanol–water partition coefficient (Wildman–Crippen LogP) is 4.27. The molecule has 6 heteroatoms. The van der Waals surface area contributed by atoms with Gasteiger partial charge in [0.15, 0.2) is 5.13 Å². The molecule has 1 N–H and O–H groups in total. The van der Waals surface area contributed by atoms with Crippen molar-refractivity contribution >= 4 is 43.6 Å². The van der Waals surface area contributed by atoms with Crippen LogP contribution in [0.25, 0.3) is 21.2 Å². The molecule has 1 amide bonds. The Morgan fingerprint density at radius 2 is 1.96 bits per heavy atom. The Kier molecular flexibility index (Phi) is 3.62. The summed E-state index contributed by atoms with van der Waals surface area (Å²) in [4.78, 5) is 29.0. The van der Waals surface area contributed by atoms with Crippen molar-refractivity contribution in [1.29, 1.82) is 0 Å². The van der Waals surface area contributed by atoms with E-state index in [0.717, 1.165) is 21.3 Å². The van der Waals surface area contributed by atoms with Crippen LogP contribution < -0.4 is 10.9 Å². The largest absolute Gasteiger partial charge is 0.422 e. The van der Waals surface area contributed by atoms with Crippen LogP contribution in [0.15, 0.2) is 51.7 Å². The first-order chi connectivity index (χ1) is 12.0. The summed E-state index contributed by atoms with van der Waals surface area (Å²) in [7, 11) is 0. The molecule has 0 saturated carbocycles. The lowest BCUT2D eigenvalue weighted by Crippen LogP contribution is -2.20. The van der Waals surface area contributed by atoms with Gasteiger partial charge in [-0.2, -0.15) is 0 Å². The van der Waals surface area contributed by atoms with Crippen molar-refractivity contribution < 1.29 is 9.21 Å². The van der Waals surface area contributed by atoms with Gasteiger partial charge in [0.05, 0.1) is 10.2 Å². The summed E-state index contributed by atoms with van der Waals surface area (Å²) in [6.45, 7) is 4.02. The highest BCUT2D eigenvalue weighted by molar-refractivity contribution is 7.22. The number of aromatic nitrogens is 1. The molecule has 0 unspecified atom stereocenters. The lowest BCUT2D eigenvalue weighted by atomic mass is 10.1. The van der Waals surface area contributed by atoms with Crippen LogP contribution in [-0.4, -0.2) is 10.9 Å². The number of anilines is 1. The molecule has 0 saturated heterocycles. The molecule has 0 fully saturated rings. The van der Waals surface area contributed by atoms with Gasteiger partial charge in [-0.25, -0.2) is 9.78 Å². The number of hydrogen-bond donors (Lipinski definition) is 1. The standard InChI is InChI=1S/C19H14N2O3S/c1-10-7-11(2)16-14(8-10)20-19(25-16)21-17(22)13-9-12-5-3-4-6-15(12)24-18(13)23/h3-9H,1-2H3,(H,20,21,22). The fraction of sp³-hybridized carbons (Fsp3) is 0.105. The van der Waals surface area contributed by atoms with E-state index in [1.54, 1.807) is 24.3 Å². The van der Waals surface area contributed by atoms with Crippen LogP contribution in [0.5, 0.6) is 0 Å². The zero-order chi connectivity index (χ0) is 17.6. The van der Waals surface area contributed by atoms with Crippen molar-refractivity contribution in [2.24, 2.45) is 0 Å². The molecule has 4 rings (SSSR count). The summed E-state index contributed by atoms with van der Waals surface area (Å²) in [5.74, 6) is -0.520. The van der Waals surface area contributed by atoms with Crippen molar-refractivity contribution in [3.8, 4) is 0 Å². The van der Waals surface area contributed by atoms with Crippen LogP contribution in [0.2, 0.25) is 0 Å². The minimum absolute atomic E-state index is 0.0362. The van der Waals surface area contributed by atoms with Crippen molar-refractivity contribution in [2.75, 3.05) is 5.32 Å². The van der Waals surface area contributed by atoms with Crippen LogP contribution in [0.3, 0.4) is 0 Å². The number of carbonyl (C=O) groups excluding carboxylic acids is 1. The molecular formula is C19H14N2O3S. The Labute approximate surface area is 146 Å². The number of nitrogens with zero attached hydrogens (tertiary/aromatic N) is 1. The number of carbonyl (C=O) groups is 1. The van der Waals surface area contributed by atoms with E-state index in [0.29, 0.717) is 16.1 Å². The third-order valence-electron chi connectivity index (χ3n) is 3.93. The van der Waals surface area contributed by atoms with Gasteiger partial charge < -0.3 is 4.42 Å². The van der Waals surface area contributed by atoms with E-state index in [9.17, 15) is 9.59 Å². The SMILES string of the molecule is Cc1cc(C)c2sc(NC(=O)c3cc4ccccc4oc3=O)nc2c1. The highest BCUT2D eigenvalue weighted by atomic mass is 32.1. The van der Waals surface area contributed by atoms with Gasteiger partial charge in [0.1, 0.15) is 11.1 Å². The molecule has 0 atom stereocenters. The number of thiazole rings is 1. The van der Waals surface area contributed by atoms with E-state index in [1.165, 1.54) is 11.3 Å². The monoisotopic (exact) mass is 350 g/mol. The van der Waals surface area contributed by atoms with Crippen molar-refractivity contribution in [3.63, 3.8) is 0 Å². The smallest absolute Gasteiger partial charge is 0.349 e. The van der Waals surface area contributed by atoms with E-state index in [-0.39, 0.29) is 5.56 Å². The number of fused-ring (bicyclic) bond motifs is 2. The van der Waals surface area contributed by atoms with Crippen molar-refractivity contribution in [2.45, 2.75) is 13.8 Å². The molecule has 0 aliphatic rings. The van der Waals surface area contributed by atoms with Gasteiger partial charge >= 0.3 is 5.63 Å². The average Bonchev–Trinajstić information content (AvgIpc) is 2.96. The molecule has 0 aliphatic heterocycles. The van der Waals surface area contributed by atoms with E-state index < -0.39 is 11.5 Å². The maximum atomic E-state index is 12.5. The van der Waals surface area contributed by atoms with Crippen LogP contribution in [-0.2, 0) is 0 Å². The van der Waals surface area contributed by atoms with Gasteiger partial charge in [0.25, 0.3) is 5.91 Å². The number of aryl methyl sites for hydroxylation is 2. The zero-order valence-electron chi connectivity index (χ0n) is 13.6. The Balaban J connectivity index is 1.71. The Hall–Kier alpha value is -2.99. The van der Waals surface area contributed by atoms with Crippen LogP contribution in [0, 0.1) is 13.8 Å². The summed E-state index contributed by atoms with van der Waals surface area (Å²) >= 11 is 1.39. The van der Waals surface area contributed by atoms with Gasteiger partial charge in [-0.15, -0.1) is 0 Å². The van der Waals surface area contributed by atoms with Crippen molar-refractivity contribution in [3.05, 3.63) is 69.6 Å². The molecule has 0 radical (unpaired) electrons. The quantitative estimate of drug-likeness (QED) is 0.548. The predicted molar refractivity (Wildman–Crippen MR) is 99.5 cm³/mol. The second-order valence-electron chi connectivity index (χ2n) is 5.89. The van der Waals surface area contributed by atoms with E-state index >= 15 is 0 Å². The highest BCUT2D eigenvalue weighted by Gasteiger charge is 2.16. The maximum absolute atomic E-state index is 12.5. The van der Waals surface area contributed by atoms with Gasteiger partial charge in [0.2, 0.25) is 0 Å². The molecule has 124 valence electrons. The van der Waals surface area contributed by atoms with Gasteiger partial charge in [-0.3, -0.25) is 10.1 Å². The minimum Gasteiger partial charge on any atom is -0.422 e. The van der Waals surface area contributed by atoms with E-state index in [2.05, 4.69) is 16.4 Å². The molecule has 0 spiro atoms. The number of rotatable bonds is 2. The fourth-order valence-corrected chi connectivity index (χ4v) is 3.72. The van der Waals surface area contributed by atoms with Crippen LogP contribution >= 0.6 is 11.3 Å². The third kappa shape index (κ3) is 2.81. The highest BCUT2D eigenvalue weighted by Crippen LogP contribution is 2.30. The van der Waals surface area contributed by atoms with Crippen molar-refractivity contribution in [1.82, 2.24) is 4.98 Å². The van der Waals surface area contributed by atoms with Crippen LogP contribution in [0.1, 0.15) is 21.5 Å². The maximum Gasteiger partial charge on any atom is 0.349 e. The molecule has 25 heavy (non-hydrogen) atoms. The molecular weight excluding hydrogens is 336 g/mol. The first-order valence-electron chi connectivity index (χ1n) is 7.73. The first-order valence-corrected chi connectivity index (χ1v) is 8.55. The van der Waals surface area contributed by atoms with Gasteiger partial charge in [0, 0.05) is 5.39 Å². The molecule has 0 bridgehead atoms. The lowest BCUT2D eigenvalue weighted by molar-refractivity contribution is 0.102.